The molecular formula is C14H13ClN4O3. The van der Waals surface area contributed by atoms with Gasteiger partial charge in [-0.25, -0.2) is 4.79 Å². The van der Waals surface area contributed by atoms with E-state index in [0.717, 1.165) is 5.69 Å². The van der Waals surface area contributed by atoms with E-state index in [1.54, 1.807) is 6.20 Å². The molecule has 0 aliphatic carbocycles. The molecule has 1 aromatic carbocycles. The van der Waals surface area contributed by atoms with Gasteiger partial charge in [0.05, 0.1) is 15.6 Å². The third-order valence-corrected chi connectivity index (χ3v) is 3.12. The smallest absolute Gasteiger partial charge is 0.319 e. The number of carbonyl (C=O) groups is 1. The Morgan fingerprint density at radius 1 is 1.32 bits per heavy atom. The van der Waals surface area contributed by atoms with Crippen LogP contribution in [0.1, 0.15) is 5.69 Å². The summed E-state index contributed by atoms with van der Waals surface area (Å²) in [7, 11) is 0. The van der Waals surface area contributed by atoms with Gasteiger partial charge in [0.1, 0.15) is 0 Å². The van der Waals surface area contributed by atoms with Crippen LogP contribution >= 0.6 is 11.6 Å². The van der Waals surface area contributed by atoms with Crippen molar-refractivity contribution < 1.29 is 9.72 Å². The third-order valence-electron chi connectivity index (χ3n) is 2.80. The molecule has 0 fully saturated rings. The number of benzene rings is 1. The molecule has 0 unspecified atom stereocenters. The van der Waals surface area contributed by atoms with E-state index in [2.05, 4.69) is 15.6 Å². The second-order valence-electron chi connectivity index (χ2n) is 4.37. The van der Waals surface area contributed by atoms with Gasteiger partial charge in [-0.2, -0.15) is 0 Å². The van der Waals surface area contributed by atoms with Gasteiger partial charge in [0.15, 0.2) is 0 Å². The van der Waals surface area contributed by atoms with Gasteiger partial charge in [0, 0.05) is 37.0 Å². The lowest BCUT2D eigenvalue weighted by atomic mass is 10.2. The maximum Gasteiger partial charge on any atom is 0.319 e. The van der Waals surface area contributed by atoms with Crippen molar-refractivity contribution in [3.05, 3.63) is 63.4 Å². The number of hydrogen-bond acceptors (Lipinski definition) is 4. The summed E-state index contributed by atoms with van der Waals surface area (Å²) in [5, 5.41) is 15.9. The van der Waals surface area contributed by atoms with Crippen LogP contribution in [-0.2, 0) is 6.42 Å². The molecule has 0 aliphatic rings. The molecule has 8 heteroatoms. The number of nitrogens with one attached hydrogen (secondary N) is 2. The number of nitro benzene ring substituents is 1. The lowest BCUT2D eigenvalue weighted by Crippen LogP contribution is -2.30. The summed E-state index contributed by atoms with van der Waals surface area (Å²) >= 11 is 5.89. The van der Waals surface area contributed by atoms with E-state index in [1.807, 2.05) is 18.2 Å². The first kappa shape index (κ1) is 15.7. The SMILES string of the molecule is O=C(NCCc1ccccn1)Nc1ccc([N+](=O)[O-])cc1Cl. The second kappa shape index (κ2) is 7.37. The molecule has 0 bridgehead atoms. The molecule has 0 saturated heterocycles. The summed E-state index contributed by atoms with van der Waals surface area (Å²) < 4.78 is 0. The van der Waals surface area contributed by atoms with Gasteiger partial charge in [-0.1, -0.05) is 17.7 Å². The Hall–Kier alpha value is -2.67. The van der Waals surface area contributed by atoms with Gasteiger partial charge >= 0.3 is 6.03 Å². The minimum absolute atomic E-state index is 0.106. The molecule has 0 aliphatic heterocycles. The van der Waals surface area contributed by atoms with Crippen LogP contribution in [0, 0.1) is 10.1 Å². The van der Waals surface area contributed by atoms with E-state index < -0.39 is 11.0 Å². The summed E-state index contributed by atoms with van der Waals surface area (Å²) in [6, 6.07) is 8.97. The topological polar surface area (TPSA) is 97.2 Å². The Morgan fingerprint density at radius 3 is 2.77 bits per heavy atom. The largest absolute Gasteiger partial charge is 0.337 e. The highest BCUT2D eigenvalue weighted by molar-refractivity contribution is 6.33. The molecular weight excluding hydrogens is 308 g/mol. The number of pyridine rings is 1. The monoisotopic (exact) mass is 320 g/mol. The van der Waals surface area contributed by atoms with Crippen LogP contribution in [0.3, 0.4) is 0 Å². The molecule has 1 heterocycles. The number of anilines is 1. The maximum atomic E-state index is 11.7. The fraction of sp³-hybridized carbons (Fsp3) is 0.143. The highest BCUT2D eigenvalue weighted by Gasteiger charge is 2.11. The molecule has 1 aromatic heterocycles. The molecule has 0 radical (unpaired) electrons. The van der Waals surface area contributed by atoms with Crippen LogP contribution in [0.15, 0.2) is 42.6 Å². The summed E-state index contributed by atoms with van der Waals surface area (Å²) in [5.74, 6) is 0. The van der Waals surface area contributed by atoms with Gasteiger partial charge in [0.2, 0.25) is 0 Å². The highest BCUT2D eigenvalue weighted by atomic mass is 35.5. The predicted molar refractivity (Wildman–Crippen MR) is 83.1 cm³/mol. The van der Waals surface area contributed by atoms with Crippen molar-refractivity contribution in [2.75, 3.05) is 11.9 Å². The number of carbonyl (C=O) groups excluding carboxylic acids is 1. The van der Waals surface area contributed by atoms with Crippen LogP contribution in [0.5, 0.6) is 0 Å². The Kier molecular flexibility index (Phi) is 5.26. The molecule has 7 nitrogen and oxygen atoms in total. The van der Waals surface area contributed by atoms with Crippen LogP contribution in [0.4, 0.5) is 16.2 Å². The Balaban J connectivity index is 1.85. The lowest BCUT2D eigenvalue weighted by Gasteiger charge is -2.08. The second-order valence-corrected chi connectivity index (χ2v) is 4.78. The first-order valence-corrected chi connectivity index (χ1v) is 6.83. The van der Waals surface area contributed by atoms with Crippen LogP contribution in [0.25, 0.3) is 0 Å². The number of amides is 2. The normalized spacial score (nSPS) is 10.0. The van der Waals surface area contributed by atoms with Crippen molar-refractivity contribution in [2.45, 2.75) is 6.42 Å². The van der Waals surface area contributed by atoms with Crippen LogP contribution < -0.4 is 10.6 Å². The van der Waals surface area contributed by atoms with Gasteiger partial charge in [-0.05, 0) is 18.2 Å². The zero-order valence-electron chi connectivity index (χ0n) is 11.5. The van der Waals surface area contributed by atoms with Gasteiger partial charge in [-0.15, -0.1) is 0 Å². The maximum absolute atomic E-state index is 11.7. The van der Waals surface area contributed by atoms with Crippen molar-refractivity contribution in [3.8, 4) is 0 Å². The number of halogens is 1. The number of hydrogen-bond donors (Lipinski definition) is 2. The molecule has 2 N–H and O–H groups in total. The third kappa shape index (κ3) is 4.42. The Bertz CT molecular complexity index is 679. The van der Waals surface area contributed by atoms with Crippen molar-refractivity contribution >= 4 is 29.0 Å². The van der Waals surface area contributed by atoms with Crippen molar-refractivity contribution in [1.29, 1.82) is 0 Å². The molecule has 0 spiro atoms. The van der Waals surface area contributed by atoms with E-state index in [-0.39, 0.29) is 10.7 Å². The summed E-state index contributed by atoms with van der Waals surface area (Å²) in [6.45, 7) is 0.410. The quantitative estimate of drug-likeness (QED) is 0.653. The van der Waals surface area contributed by atoms with Gasteiger partial charge < -0.3 is 10.6 Å². The first-order chi connectivity index (χ1) is 10.6. The fourth-order valence-electron chi connectivity index (χ4n) is 1.74. The summed E-state index contributed by atoms with van der Waals surface area (Å²) in [4.78, 5) is 25.9. The Morgan fingerprint density at radius 2 is 2.14 bits per heavy atom. The zero-order chi connectivity index (χ0) is 15.9. The average molecular weight is 321 g/mol. The minimum Gasteiger partial charge on any atom is -0.337 e. The zero-order valence-corrected chi connectivity index (χ0v) is 12.2. The van der Waals surface area contributed by atoms with Crippen LogP contribution in [-0.4, -0.2) is 22.5 Å². The fourth-order valence-corrected chi connectivity index (χ4v) is 1.96. The average Bonchev–Trinajstić information content (AvgIpc) is 2.50. The first-order valence-electron chi connectivity index (χ1n) is 6.45. The van der Waals surface area contributed by atoms with E-state index in [4.69, 9.17) is 11.6 Å². The van der Waals surface area contributed by atoms with Crippen molar-refractivity contribution in [2.24, 2.45) is 0 Å². The summed E-state index contributed by atoms with van der Waals surface area (Å²) in [6.07, 6.45) is 2.29. The van der Waals surface area contributed by atoms with E-state index in [0.29, 0.717) is 18.7 Å². The number of aromatic nitrogens is 1. The van der Waals surface area contributed by atoms with Gasteiger partial charge in [-0.3, -0.25) is 15.1 Å². The molecule has 2 aromatic rings. The number of non-ortho nitro benzene ring substituents is 1. The molecule has 114 valence electrons. The van der Waals surface area contributed by atoms with E-state index >= 15 is 0 Å². The molecule has 22 heavy (non-hydrogen) atoms. The summed E-state index contributed by atoms with van der Waals surface area (Å²) in [5.41, 5.74) is 1.05. The number of nitrogens with zero attached hydrogens (tertiary/aromatic N) is 2. The molecule has 2 rings (SSSR count). The number of rotatable bonds is 5. The van der Waals surface area contributed by atoms with E-state index in [1.165, 1.54) is 18.2 Å². The van der Waals surface area contributed by atoms with Gasteiger partial charge in [0.25, 0.3) is 5.69 Å². The number of urea groups is 1. The van der Waals surface area contributed by atoms with Crippen molar-refractivity contribution in [1.82, 2.24) is 10.3 Å². The lowest BCUT2D eigenvalue weighted by molar-refractivity contribution is -0.384. The Labute approximate surface area is 131 Å². The van der Waals surface area contributed by atoms with Crippen molar-refractivity contribution in [3.63, 3.8) is 0 Å². The molecule has 2 amide bonds. The minimum atomic E-state index is -0.553. The highest BCUT2D eigenvalue weighted by Crippen LogP contribution is 2.26. The van der Waals surface area contributed by atoms with E-state index in [9.17, 15) is 14.9 Å². The van der Waals surface area contributed by atoms with Crippen LogP contribution in [0.2, 0.25) is 5.02 Å². The predicted octanol–water partition coefficient (Wildman–Crippen LogP) is 3.01. The molecule has 0 atom stereocenters. The number of nitro groups is 1. The molecule has 0 saturated carbocycles. The standard InChI is InChI=1S/C14H13ClN4O3/c15-12-9-11(19(21)22)4-5-13(12)18-14(20)17-8-6-10-3-1-2-7-16-10/h1-5,7,9H,6,8H2,(H2,17,18,20).